The van der Waals surface area contributed by atoms with Gasteiger partial charge in [0, 0.05) is 24.7 Å². The second-order valence-corrected chi connectivity index (χ2v) is 7.69. The van der Waals surface area contributed by atoms with E-state index in [2.05, 4.69) is 24.4 Å². The van der Waals surface area contributed by atoms with Crippen LogP contribution in [0.4, 0.5) is 5.69 Å². The van der Waals surface area contributed by atoms with Crippen LogP contribution >= 0.6 is 12.4 Å². The zero-order valence-electron chi connectivity index (χ0n) is 15.9. The number of rotatable bonds is 4. The van der Waals surface area contributed by atoms with Gasteiger partial charge in [-0.2, -0.15) is 0 Å². The lowest BCUT2D eigenvalue weighted by Gasteiger charge is -2.23. The molecule has 2 aliphatic rings. The van der Waals surface area contributed by atoms with E-state index < -0.39 is 0 Å². The first kappa shape index (κ1) is 20.7. The summed E-state index contributed by atoms with van der Waals surface area (Å²) in [6.45, 7) is 7.19. The van der Waals surface area contributed by atoms with Crippen LogP contribution in [-0.2, 0) is 9.59 Å². The fourth-order valence-corrected chi connectivity index (χ4v) is 4.51. The van der Waals surface area contributed by atoms with Gasteiger partial charge < -0.3 is 16.0 Å². The SMILES string of the molecule is Cc1cc(C)c(N2CC(C(=O)NC3CCCC3CN)CC2=O)c(C)c1.Cl. The van der Waals surface area contributed by atoms with Crippen LogP contribution in [0.5, 0.6) is 0 Å². The van der Waals surface area contributed by atoms with Gasteiger partial charge in [-0.1, -0.05) is 24.1 Å². The highest BCUT2D eigenvalue weighted by Gasteiger charge is 2.38. The normalized spacial score (nSPS) is 25.3. The summed E-state index contributed by atoms with van der Waals surface area (Å²) in [5, 5.41) is 3.15. The molecule has 2 amide bonds. The van der Waals surface area contributed by atoms with Gasteiger partial charge in [-0.15, -0.1) is 12.4 Å². The molecule has 0 radical (unpaired) electrons. The number of hydrogen-bond acceptors (Lipinski definition) is 3. The molecule has 1 heterocycles. The van der Waals surface area contributed by atoms with Gasteiger partial charge in [0.2, 0.25) is 11.8 Å². The molecule has 6 heteroatoms. The van der Waals surface area contributed by atoms with Crippen LogP contribution in [0.2, 0.25) is 0 Å². The van der Waals surface area contributed by atoms with Crippen LogP contribution in [-0.4, -0.2) is 30.9 Å². The first-order chi connectivity index (χ1) is 11.9. The summed E-state index contributed by atoms with van der Waals surface area (Å²) in [6, 6.07) is 4.35. The molecule has 3 rings (SSSR count). The summed E-state index contributed by atoms with van der Waals surface area (Å²) in [6.07, 6.45) is 3.48. The van der Waals surface area contributed by atoms with Crippen LogP contribution in [0.15, 0.2) is 12.1 Å². The first-order valence-corrected chi connectivity index (χ1v) is 9.29. The number of nitrogens with one attached hydrogen (secondary N) is 1. The molecule has 1 saturated heterocycles. The molecule has 1 aromatic rings. The molecular formula is C20H30ClN3O2. The van der Waals surface area contributed by atoms with E-state index in [1.165, 1.54) is 5.56 Å². The fourth-order valence-electron chi connectivity index (χ4n) is 4.51. The Balaban J connectivity index is 0.00000243. The molecule has 144 valence electrons. The van der Waals surface area contributed by atoms with Crippen LogP contribution in [0.1, 0.15) is 42.4 Å². The fraction of sp³-hybridized carbons (Fsp3) is 0.600. The van der Waals surface area contributed by atoms with Gasteiger partial charge in [0.1, 0.15) is 0 Å². The van der Waals surface area contributed by atoms with Crippen molar-refractivity contribution in [1.29, 1.82) is 0 Å². The Labute approximate surface area is 162 Å². The number of nitrogens with zero attached hydrogens (tertiary/aromatic N) is 1. The zero-order valence-corrected chi connectivity index (χ0v) is 16.7. The second kappa shape index (κ2) is 8.40. The maximum Gasteiger partial charge on any atom is 0.227 e. The van der Waals surface area contributed by atoms with Crippen molar-refractivity contribution in [2.24, 2.45) is 17.6 Å². The summed E-state index contributed by atoms with van der Waals surface area (Å²) in [4.78, 5) is 27.0. The van der Waals surface area contributed by atoms with Crippen molar-refractivity contribution < 1.29 is 9.59 Å². The highest BCUT2D eigenvalue weighted by molar-refractivity contribution is 6.01. The van der Waals surface area contributed by atoms with E-state index in [0.29, 0.717) is 25.4 Å². The Kier molecular flexibility index (Phi) is 6.69. The maximum absolute atomic E-state index is 12.7. The van der Waals surface area contributed by atoms with Crippen molar-refractivity contribution >= 4 is 29.9 Å². The molecule has 1 aliphatic heterocycles. The van der Waals surface area contributed by atoms with Gasteiger partial charge in [0.15, 0.2) is 0 Å². The maximum atomic E-state index is 12.7. The van der Waals surface area contributed by atoms with E-state index in [0.717, 1.165) is 36.1 Å². The standard InChI is InChI=1S/C20H29N3O2.ClH/c1-12-7-13(2)19(14(3)8-12)23-11-16(9-18(23)24)20(25)22-17-6-4-5-15(17)10-21;/h7-8,15-17H,4-6,9-11,21H2,1-3H3,(H,22,25);1H. The van der Waals surface area contributed by atoms with Crippen molar-refractivity contribution in [2.75, 3.05) is 18.0 Å². The van der Waals surface area contributed by atoms with Gasteiger partial charge in [0.25, 0.3) is 0 Å². The molecule has 0 bridgehead atoms. The van der Waals surface area contributed by atoms with Gasteiger partial charge in [-0.05, 0) is 57.2 Å². The largest absolute Gasteiger partial charge is 0.353 e. The number of hydrogen-bond donors (Lipinski definition) is 2. The van der Waals surface area contributed by atoms with Crippen molar-refractivity contribution in [3.05, 3.63) is 28.8 Å². The van der Waals surface area contributed by atoms with Crippen molar-refractivity contribution in [3.63, 3.8) is 0 Å². The lowest BCUT2D eigenvalue weighted by molar-refractivity contribution is -0.127. The molecule has 3 unspecified atom stereocenters. The molecular weight excluding hydrogens is 350 g/mol. The molecule has 0 spiro atoms. The molecule has 5 nitrogen and oxygen atoms in total. The van der Waals surface area contributed by atoms with Gasteiger partial charge in [-0.3, -0.25) is 9.59 Å². The quantitative estimate of drug-likeness (QED) is 0.844. The number of carbonyl (C=O) groups excluding carboxylic acids is 2. The summed E-state index contributed by atoms with van der Waals surface area (Å²) in [5.74, 6) is 0.144. The number of anilines is 1. The number of carbonyl (C=O) groups is 2. The summed E-state index contributed by atoms with van der Waals surface area (Å²) in [5.41, 5.74) is 10.1. The summed E-state index contributed by atoms with van der Waals surface area (Å²) >= 11 is 0. The van der Waals surface area contributed by atoms with Crippen LogP contribution in [0.3, 0.4) is 0 Å². The van der Waals surface area contributed by atoms with E-state index in [4.69, 9.17) is 5.73 Å². The van der Waals surface area contributed by atoms with E-state index in [1.807, 2.05) is 13.8 Å². The highest BCUT2D eigenvalue weighted by Crippen LogP contribution is 2.32. The molecule has 1 aliphatic carbocycles. The predicted octanol–water partition coefficient (Wildman–Crippen LogP) is 2.63. The van der Waals surface area contributed by atoms with Gasteiger partial charge >= 0.3 is 0 Å². The summed E-state index contributed by atoms with van der Waals surface area (Å²) in [7, 11) is 0. The number of nitrogens with two attached hydrogens (primary N) is 1. The molecule has 3 atom stereocenters. The third-order valence-corrected chi connectivity index (χ3v) is 5.69. The predicted molar refractivity (Wildman–Crippen MR) is 107 cm³/mol. The lowest BCUT2D eigenvalue weighted by Crippen LogP contribution is -2.43. The van der Waals surface area contributed by atoms with E-state index in [1.54, 1.807) is 4.90 Å². The van der Waals surface area contributed by atoms with Crippen molar-refractivity contribution in [2.45, 2.75) is 52.5 Å². The van der Waals surface area contributed by atoms with Crippen molar-refractivity contribution in [1.82, 2.24) is 5.32 Å². The second-order valence-electron chi connectivity index (χ2n) is 7.69. The molecule has 2 fully saturated rings. The first-order valence-electron chi connectivity index (χ1n) is 9.29. The average Bonchev–Trinajstić information content (AvgIpc) is 3.13. The van der Waals surface area contributed by atoms with Crippen LogP contribution in [0, 0.1) is 32.6 Å². The van der Waals surface area contributed by atoms with Gasteiger partial charge in [0.05, 0.1) is 5.92 Å². The molecule has 1 saturated carbocycles. The average molecular weight is 380 g/mol. The molecule has 26 heavy (non-hydrogen) atoms. The minimum atomic E-state index is -0.272. The van der Waals surface area contributed by atoms with E-state index in [9.17, 15) is 9.59 Å². The lowest BCUT2D eigenvalue weighted by atomic mass is 10.0. The Morgan fingerprint density at radius 1 is 1.23 bits per heavy atom. The Bertz CT molecular complexity index is 669. The topological polar surface area (TPSA) is 75.4 Å². The monoisotopic (exact) mass is 379 g/mol. The van der Waals surface area contributed by atoms with E-state index in [-0.39, 0.29) is 36.2 Å². The molecule has 1 aromatic carbocycles. The van der Waals surface area contributed by atoms with Crippen molar-refractivity contribution in [3.8, 4) is 0 Å². The van der Waals surface area contributed by atoms with Crippen LogP contribution in [0.25, 0.3) is 0 Å². The Hall–Kier alpha value is -1.59. The number of halogens is 1. The van der Waals surface area contributed by atoms with Gasteiger partial charge in [-0.25, -0.2) is 0 Å². The smallest absolute Gasteiger partial charge is 0.227 e. The minimum Gasteiger partial charge on any atom is -0.353 e. The summed E-state index contributed by atoms with van der Waals surface area (Å²) < 4.78 is 0. The number of benzene rings is 1. The van der Waals surface area contributed by atoms with Crippen LogP contribution < -0.4 is 16.0 Å². The third kappa shape index (κ3) is 4.04. The zero-order chi connectivity index (χ0) is 18.1. The Morgan fingerprint density at radius 2 is 1.88 bits per heavy atom. The minimum absolute atomic E-state index is 0. The Morgan fingerprint density at radius 3 is 2.50 bits per heavy atom. The van der Waals surface area contributed by atoms with E-state index >= 15 is 0 Å². The molecule has 3 N–H and O–H groups in total. The molecule has 0 aromatic heterocycles. The third-order valence-electron chi connectivity index (χ3n) is 5.69. The number of amides is 2. The highest BCUT2D eigenvalue weighted by atomic mass is 35.5. The number of aryl methyl sites for hydroxylation is 3.